The Balaban J connectivity index is 0. The number of halogens is 1. The molecule has 1 aromatic carbocycles. The number of hydrogen-bond donors (Lipinski definition) is 0. The molecule has 1 aromatic rings. The van der Waals surface area contributed by atoms with E-state index in [1.165, 1.54) is 5.56 Å². The minimum Gasteiger partial charge on any atom is -1.00 e. The van der Waals surface area contributed by atoms with Gasteiger partial charge in [-0.25, -0.2) is 0 Å². The molecule has 0 heterocycles. The van der Waals surface area contributed by atoms with E-state index in [9.17, 15) is 0 Å². The van der Waals surface area contributed by atoms with Gasteiger partial charge in [-0.2, -0.15) is 35.9 Å². The van der Waals surface area contributed by atoms with Crippen molar-refractivity contribution in [2.24, 2.45) is 0 Å². The van der Waals surface area contributed by atoms with Crippen molar-refractivity contribution < 1.29 is 17.0 Å². The van der Waals surface area contributed by atoms with Gasteiger partial charge >= 0.3 is 23.1 Å². The molecule has 0 fully saturated rings. The fourth-order valence-corrected chi connectivity index (χ4v) is 0.860. The maximum Gasteiger partial charge on any atom is 2.00 e. The van der Waals surface area contributed by atoms with Gasteiger partial charge in [0.15, 0.2) is 0 Å². The third-order valence-corrected chi connectivity index (χ3v) is 1.57. The Morgan fingerprint density at radius 1 is 1.25 bits per heavy atom. The molecule has 0 atom stereocenters. The van der Waals surface area contributed by atoms with Gasteiger partial charge in [-0.3, -0.25) is 0 Å². The van der Waals surface area contributed by atoms with E-state index in [4.69, 9.17) is 0 Å². The first-order valence-corrected chi connectivity index (χ1v) is 3.57. The first kappa shape index (κ1) is 15.0. The topological polar surface area (TPSA) is 0 Å². The standard InChI is InChI=1S/C10H13.BrH.Mg/c1-10(2,3)9-7-5-4-6-8-9;;/h4-5,7-8H,1-3H3;1H;/q-1;;+2/p-1. The third kappa shape index (κ3) is 4.48. The van der Waals surface area contributed by atoms with Crippen molar-refractivity contribution in [1.29, 1.82) is 0 Å². The Bertz CT molecular complexity index is 201. The zero-order chi connectivity index (χ0) is 7.61. The van der Waals surface area contributed by atoms with Gasteiger partial charge in [-0.1, -0.05) is 26.2 Å². The molecule has 12 heavy (non-hydrogen) atoms. The van der Waals surface area contributed by atoms with E-state index in [2.05, 4.69) is 32.9 Å². The van der Waals surface area contributed by atoms with Crippen LogP contribution in [0.15, 0.2) is 24.3 Å². The summed E-state index contributed by atoms with van der Waals surface area (Å²) in [6, 6.07) is 11.2. The Kier molecular flexibility index (Phi) is 7.48. The van der Waals surface area contributed by atoms with Gasteiger partial charge < -0.3 is 17.0 Å². The summed E-state index contributed by atoms with van der Waals surface area (Å²) in [7, 11) is 0. The van der Waals surface area contributed by atoms with Crippen molar-refractivity contribution in [3.8, 4) is 0 Å². The van der Waals surface area contributed by atoms with Gasteiger partial charge in [-0.15, -0.1) is 0 Å². The zero-order valence-electron chi connectivity index (χ0n) is 7.89. The Morgan fingerprint density at radius 2 is 1.83 bits per heavy atom. The summed E-state index contributed by atoms with van der Waals surface area (Å²) >= 11 is 0. The molecular weight excluding hydrogens is 224 g/mol. The van der Waals surface area contributed by atoms with Gasteiger partial charge in [-0.05, 0) is 0 Å². The average Bonchev–Trinajstić information content (AvgIpc) is 1.88. The van der Waals surface area contributed by atoms with E-state index in [1.54, 1.807) is 0 Å². The van der Waals surface area contributed by atoms with Crippen LogP contribution in [0.1, 0.15) is 26.3 Å². The molecule has 0 saturated heterocycles. The summed E-state index contributed by atoms with van der Waals surface area (Å²) in [6.07, 6.45) is 0. The van der Waals surface area contributed by atoms with Crippen molar-refractivity contribution in [1.82, 2.24) is 0 Å². The summed E-state index contributed by atoms with van der Waals surface area (Å²) in [4.78, 5) is 0. The van der Waals surface area contributed by atoms with Gasteiger partial charge in [0.05, 0.1) is 0 Å². The minimum atomic E-state index is 0. The molecule has 0 saturated carbocycles. The van der Waals surface area contributed by atoms with Gasteiger partial charge in [0.25, 0.3) is 0 Å². The summed E-state index contributed by atoms with van der Waals surface area (Å²) in [5.74, 6) is 0. The fourth-order valence-electron chi connectivity index (χ4n) is 0.860. The van der Waals surface area contributed by atoms with E-state index in [0.717, 1.165) is 0 Å². The summed E-state index contributed by atoms with van der Waals surface area (Å²) in [5.41, 5.74) is 1.60. The van der Waals surface area contributed by atoms with Gasteiger partial charge in [0.2, 0.25) is 0 Å². The van der Waals surface area contributed by atoms with Crippen LogP contribution in [0.4, 0.5) is 0 Å². The van der Waals surface area contributed by atoms with E-state index in [0.29, 0.717) is 0 Å². The molecule has 0 amide bonds. The van der Waals surface area contributed by atoms with Crippen LogP contribution in [-0.2, 0) is 5.41 Å². The second kappa shape index (κ2) is 6.00. The first-order chi connectivity index (χ1) is 4.61. The number of hydrogen-bond acceptors (Lipinski definition) is 0. The number of rotatable bonds is 0. The summed E-state index contributed by atoms with van der Waals surface area (Å²) < 4.78 is 0. The van der Waals surface area contributed by atoms with E-state index >= 15 is 0 Å². The normalized spacial score (nSPS) is 9.58. The van der Waals surface area contributed by atoms with Crippen molar-refractivity contribution >= 4 is 23.1 Å². The van der Waals surface area contributed by atoms with Crippen LogP contribution < -0.4 is 17.0 Å². The average molecular weight is 237 g/mol. The van der Waals surface area contributed by atoms with Crippen LogP contribution in [0.5, 0.6) is 0 Å². The second-order valence-electron chi connectivity index (χ2n) is 3.54. The van der Waals surface area contributed by atoms with Crippen LogP contribution in [0.2, 0.25) is 0 Å². The first-order valence-electron chi connectivity index (χ1n) is 3.57. The molecule has 0 radical (unpaired) electrons. The maximum absolute atomic E-state index is 3.07. The minimum absolute atomic E-state index is 0. The Labute approximate surface area is 102 Å². The molecule has 1 rings (SSSR count). The van der Waals surface area contributed by atoms with Crippen molar-refractivity contribution in [3.05, 3.63) is 35.9 Å². The second-order valence-corrected chi connectivity index (χ2v) is 3.54. The molecule has 0 aliphatic rings. The van der Waals surface area contributed by atoms with E-state index < -0.39 is 0 Å². The van der Waals surface area contributed by atoms with Crippen molar-refractivity contribution in [3.63, 3.8) is 0 Å². The number of benzene rings is 1. The van der Waals surface area contributed by atoms with Crippen LogP contribution in [-0.4, -0.2) is 23.1 Å². The zero-order valence-corrected chi connectivity index (χ0v) is 10.9. The molecular formula is C10H13BrMg. The van der Waals surface area contributed by atoms with Crippen LogP contribution in [0.25, 0.3) is 0 Å². The largest absolute Gasteiger partial charge is 2.00 e. The van der Waals surface area contributed by atoms with E-state index in [-0.39, 0.29) is 45.4 Å². The van der Waals surface area contributed by atoms with Crippen molar-refractivity contribution in [2.45, 2.75) is 26.2 Å². The maximum atomic E-state index is 3.07. The Morgan fingerprint density at radius 3 is 2.08 bits per heavy atom. The molecule has 0 aliphatic carbocycles. The molecule has 0 N–H and O–H groups in total. The molecule has 0 aromatic heterocycles. The smallest absolute Gasteiger partial charge is 1.00 e. The molecule has 0 nitrogen and oxygen atoms in total. The van der Waals surface area contributed by atoms with Crippen molar-refractivity contribution in [2.75, 3.05) is 0 Å². The monoisotopic (exact) mass is 236 g/mol. The fraction of sp³-hybridized carbons (Fsp3) is 0.400. The predicted octanol–water partition coefficient (Wildman–Crippen LogP) is -0.593. The molecule has 62 valence electrons. The van der Waals surface area contributed by atoms with Gasteiger partial charge in [0, 0.05) is 0 Å². The Hall–Kier alpha value is 0.466. The molecule has 0 bridgehead atoms. The SMILES string of the molecule is CC(C)(C)c1c[c-]ccc1.[Br-].[Mg+2]. The van der Waals surface area contributed by atoms with Crippen LogP contribution in [0.3, 0.4) is 0 Å². The van der Waals surface area contributed by atoms with Crippen LogP contribution in [0, 0.1) is 6.07 Å². The predicted molar refractivity (Wildman–Crippen MR) is 49.7 cm³/mol. The summed E-state index contributed by atoms with van der Waals surface area (Å²) in [5, 5.41) is 0. The molecule has 0 unspecified atom stereocenters. The third-order valence-electron chi connectivity index (χ3n) is 1.57. The molecule has 0 aliphatic heterocycles. The molecule has 0 spiro atoms. The summed E-state index contributed by atoms with van der Waals surface area (Å²) in [6.45, 7) is 6.61. The molecule has 2 heteroatoms. The van der Waals surface area contributed by atoms with Crippen LogP contribution >= 0.6 is 0 Å². The quantitative estimate of drug-likeness (QED) is 0.418. The van der Waals surface area contributed by atoms with Gasteiger partial charge in [0.1, 0.15) is 0 Å². The van der Waals surface area contributed by atoms with E-state index in [1.807, 2.05) is 18.2 Å².